The Bertz CT molecular complexity index is 1220. The number of imidazole rings is 1. The van der Waals surface area contributed by atoms with Gasteiger partial charge in [-0.05, 0) is 42.7 Å². The van der Waals surface area contributed by atoms with Crippen molar-refractivity contribution >= 4 is 23.2 Å². The van der Waals surface area contributed by atoms with Gasteiger partial charge in [0.05, 0.1) is 18.8 Å². The number of aromatic nitrogens is 5. The highest BCUT2D eigenvalue weighted by Crippen LogP contribution is 2.32. The molecule has 1 unspecified atom stereocenters. The molecule has 0 radical (unpaired) electrons. The van der Waals surface area contributed by atoms with Crippen molar-refractivity contribution in [3.8, 4) is 11.4 Å². The third kappa shape index (κ3) is 3.86. The van der Waals surface area contributed by atoms with Crippen LogP contribution >= 0.6 is 11.6 Å². The van der Waals surface area contributed by atoms with Crippen LogP contribution in [0.5, 0.6) is 5.75 Å². The number of aryl methyl sites for hydroxylation is 1. The summed E-state index contributed by atoms with van der Waals surface area (Å²) in [6.45, 7) is 0. The van der Waals surface area contributed by atoms with Crippen LogP contribution in [0.2, 0.25) is 5.15 Å². The molecule has 1 atom stereocenters. The summed E-state index contributed by atoms with van der Waals surface area (Å²) in [6.07, 6.45) is 6.16. The van der Waals surface area contributed by atoms with Gasteiger partial charge in [0.25, 0.3) is 0 Å². The molecule has 4 aromatic rings. The summed E-state index contributed by atoms with van der Waals surface area (Å²) in [7, 11) is 1.61. The van der Waals surface area contributed by atoms with Gasteiger partial charge in [0.15, 0.2) is 0 Å². The lowest BCUT2D eigenvalue weighted by atomic mass is 9.98. The Morgan fingerprint density at radius 1 is 1.19 bits per heavy atom. The zero-order valence-electron chi connectivity index (χ0n) is 16.8. The van der Waals surface area contributed by atoms with Gasteiger partial charge < -0.3 is 14.6 Å². The molecule has 2 aromatic heterocycles. The third-order valence-corrected chi connectivity index (χ3v) is 5.59. The van der Waals surface area contributed by atoms with Crippen LogP contribution in [-0.2, 0) is 6.42 Å². The first-order valence-corrected chi connectivity index (χ1v) is 10.3. The number of anilines is 2. The van der Waals surface area contributed by atoms with Gasteiger partial charge in [0.2, 0.25) is 5.95 Å². The smallest absolute Gasteiger partial charge is 0.246 e. The monoisotopic (exact) mass is 438 g/mol. The highest BCUT2D eigenvalue weighted by molar-refractivity contribution is 6.29. The largest absolute Gasteiger partial charge is 0.494 e. The summed E-state index contributed by atoms with van der Waals surface area (Å²) in [5, 5.41) is 8.37. The molecule has 5 rings (SSSR count). The molecule has 0 amide bonds. The number of halogens is 2. The van der Waals surface area contributed by atoms with Crippen LogP contribution in [0, 0.1) is 5.82 Å². The maximum atomic E-state index is 13.3. The summed E-state index contributed by atoms with van der Waals surface area (Å²) in [6, 6.07) is 12.4. The van der Waals surface area contributed by atoms with E-state index in [-0.39, 0.29) is 11.9 Å². The lowest BCUT2D eigenvalue weighted by molar-refractivity contribution is 0.412. The number of nitrogens with zero attached hydrogens (tertiary/aromatic N) is 5. The first kappa shape index (κ1) is 19.6. The number of hydrogen-bond donors (Lipinski definition) is 1. The first-order chi connectivity index (χ1) is 15.1. The molecule has 0 fully saturated rings. The lowest BCUT2D eigenvalue weighted by Gasteiger charge is -2.23. The average molecular weight is 439 g/mol. The fourth-order valence-corrected chi connectivity index (χ4v) is 4.07. The van der Waals surface area contributed by atoms with E-state index in [1.54, 1.807) is 24.2 Å². The number of nitrogens with one attached hydrogen (secondary N) is 1. The molecular formula is C22H20ClFN6O. The summed E-state index contributed by atoms with van der Waals surface area (Å²) in [5.74, 6) is 1.85. The molecule has 0 spiro atoms. The zero-order chi connectivity index (χ0) is 21.4. The Hall–Kier alpha value is -3.39. The predicted octanol–water partition coefficient (Wildman–Crippen LogP) is 4.93. The number of methoxy groups -OCH3 is 1. The van der Waals surface area contributed by atoms with Crippen molar-refractivity contribution < 1.29 is 9.13 Å². The van der Waals surface area contributed by atoms with Crippen LogP contribution in [0.15, 0.2) is 55.0 Å². The van der Waals surface area contributed by atoms with Crippen molar-refractivity contribution in [3.05, 3.63) is 77.3 Å². The molecule has 0 aliphatic carbocycles. The summed E-state index contributed by atoms with van der Waals surface area (Å²) >= 11 is 5.94. The predicted molar refractivity (Wildman–Crippen MR) is 116 cm³/mol. The van der Waals surface area contributed by atoms with E-state index < -0.39 is 0 Å². The Kier molecular flexibility index (Phi) is 5.07. The molecule has 158 valence electrons. The van der Waals surface area contributed by atoms with Crippen molar-refractivity contribution in [2.75, 3.05) is 12.4 Å². The first-order valence-electron chi connectivity index (χ1n) is 9.96. The van der Waals surface area contributed by atoms with Crippen molar-refractivity contribution in [2.45, 2.75) is 25.3 Å². The van der Waals surface area contributed by atoms with E-state index in [4.69, 9.17) is 21.4 Å². The molecule has 31 heavy (non-hydrogen) atoms. The van der Waals surface area contributed by atoms with E-state index in [2.05, 4.69) is 15.3 Å². The van der Waals surface area contributed by atoms with Gasteiger partial charge in [-0.1, -0.05) is 23.7 Å². The van der Waals surface area contributed by atoms with Gasteiger partial charge in [0.1, 0.15) is 28.9 Å². The molecule has 1 aliphatic rings. The Morgan fingerprint density at radius 3 is 2.77 bits per heavy atom. The number of ether oxygens (including phenoxy) is 1. The number of rotatable bonds is 5. The highest BCUT2D eigenvalue weighted by Gasteiger charge is 2.24. The van der Waals surface area contributed by atoms with Crippen molar-refractivity contribution in [1.82, 2.24) is 24.3 Å². The molecule has 0 bridgehead atoms. The Labute approximate surface area is 183 Å². The van der Waals surface area contributed by atoms with Crippen LogP contribution in [0.25, 0.3) is 5.69 Å². The quantitative estimate of drug-likeness (QED) is 0.478. The summed E-state index contributed by atoms with van der Waals surface area (Å²) < 4.78 is 22.6. The molecule has 1 aliphatic heterocycles. The Morgan fingerprint density at radius 2 is 2.03 bits per heavy atom. The van der Waals surface area contributed by atoms with E-state index in [1.807, 2.05) is 35.0 Å². The normalized spacial score (nSPS) is 15.5. The van der Waals surface area contributed by atoms with E-state index in [9.17, 15) is 4.39 Å². The van der Waals surface area contributed by atoms with Crippen molar-refractivity contribution in [1.29, 1.82) is 0 Å². The number of hydrogen-bond acceptors (Lipinski definition) is 5. The minimum atomic E-state index is -0.240. The number of benzene rings is 2. The average Bonchev–Trinajstić information content (AvgIpc) is 3.39. The van der Waals surface area contributed by atoms with Gasteiger partial charge in [-0.15, -0.1) is 5.10 Å². The standard InChI is InChI=1S/C22H20ClFN6O/c1-31-19-11-16(9-10-18(19)29-12-20(23)25-13-29)26-22-27-21-4-2-3-17(30(21)28-22)14-5-7-15(24)8-6-14/h5-13,17H,2-4H2,1H3,(H,26,28). The fraction of sp³-hybridized carbons (Fsp3) is 0.227. The van der Waals surface area contributed by atoms with Gasteiger partial charge in [0, 0.05) is 24.4 Å². The zero-order valence-corrected chi connectivity index (χ0v) is 17.6. The molecule has 1 N–H and O–H groups in total. The van der Waals surface area contributed by atoms with Crippen LogP contribution in [0.1, 0.15) is 30.3 Å². The minimum absolute atomic E-state index is 0.0512. The van der Waals surface area contributed by atoms with E-state index in [0.717, 1.165) is 42.0 Å². The van der Waals surface area contributed by atoms with Crippen LogP contribution in [0.4, 0.5) is 16.0 Å². The SMILES string of the molecule is COc1cc(Nc2nc3n(n2)C(c2ccc(F)cc2)CCC3)ccc1-n1cnc(Cl)c1. The second-order valence-electron chi connectivity index (χ2n) is 7.37. The Balaban J connectivity index is 1.42. The molecule has 3 heterocycles. The van der Waals surface area contributed by atoms with Crippen LogP contribution in [0.3, 0.4) is 0 Å². The summed E-state index contributed by atoms with van der Waals surface area (Å²) in [4.78, 5) is 8.72. The molecule has 0 saturated heterocycles. The molecule has 9 heteroatoms. The van der Waals surface area contributed by atoms with Gasteiger partial charge >= 0.3 is 0 Å². The molecule has 0 saturated carbocycles. The van der Waals surface area contributed by atoms with Gasteiger partial charge in [-0.25, -0.2) is 14.1 Å². The second kappa shape index (κ2) is 8.03. The number of fused-ring (bicyclic) bond motifs is 1. The fourth-order valence-electron chi connectivity index (χ4n) is 3.93. The topological polar surface area (TPSA) is 69.8 Å². The molecule has 7 nitrogen and oxygen atoms in total. The van der Waals surface area contributed by atoms with Gasteiger partial charge in [-0.3, -0.25) is 0 Å². The third-order valence-electron chi connectivity index (χ3n) is 5.39. The van der Waals surface area contributed by atoms with Crippen LogP contribution < -0.4 is 10.1 Å². The molecule has 2 aromatic carbocycles. The second-order valence-corrected chi connectivity index (χ2v) is 7.76. The van der Waals surface area contributed by atoms with Crippen LogP contribution in [-0.4, -0.2) is 31.4 Å². The minimum Gasteiger partial charge on any atom is -0.494 e. The maximum absolute atomic E-state index is 13.3. The lowest BCUT2D eigenvalue weighted by Crippen LogP contribution is -2.20. The maximum Gasteiger partial charge on any atom is 0.246 e. The van der Waals surface area contributed by atoms with Crippen molar-refractivity contribution in [3.63, 3.8) is 0 Å². The highest BCUT2D eigenvalue weighted by atomic mass is 35.5. The summed E-state index contributed by atoms with van der Waals surface area (Å²) in [5.41, 5.74) is 2.65. The van der Waals surface area contributed by atoms with Gasteiger partial charge in [-0.2, -0.15) is 4.98 Å². The van der Waals surface area contributed by atoms with E-state index >= 15 is 0 Å². The molecular weight excluding hydrogens is 419 g/mol. The van der Waals surface area contributed by atoms with Crippen molar-refractivity contribution in [2.24, 2.45) is 0 Å². The van der Waals surface area contributed by atoms with E-state index in [1.165, 1.54) is 12.1 Å². The van der Waals surface area contributed by atoms with E-state index in [0.29, 0.717) is 16.9 Å².